The molecular formula is C56H84F5N7O9S. The van der Waals surface area contributed by atoms with Gasteiger partial charge in [-0.25, -0.2) is 14.4 Å². The maximum absolute atomic E-state index is 13.4. The molecule has 16 nitrogen and oxygen atoms in total. The Bertz CT molecular complexity index is 2330. The van der Waals surface area contributed by atoms with Crippen LogP contribution in [0.5, 0.6) is 5.75 Å². The number of nitrogens with zero attached hydrogens (tertiary/aromatic N) is 2. The van der Waals surface area contributed by atoms with Crippen LogP contribution < -0.4 is 32.2 Å². The predicted molar refractivity (Wildman–Crippen MR) is 289 cm³/mol. The summed E-state index contributed by atoms with van der Waals surface area (Å²) in [6.07, 6.45) is 3.83. The molecule has 5 rings (SSSR count). The average Bonchev–Trinajstić information content (AvgIpc) is 3.76. The molecule has 2 unspecified atom stereocenters. The Labute approximate surface area is 458 Å². The van der Waals surface area contributed by atoms with Gasteiger partial charge in [-0.15, -0.1) is 0 Å². The Morgan fingerprint density at radius 1 is 0.846 bits per heavy atom. The summed E-state index contributed by atoms with van der Waals surface area (Å²) >= 11 is 0. The number of ether oxygens (including phenoxy) is 2. The number of halogens is 5. The van der Waals surface area contributed by atoms with E-state index in [0.29, 0.717) is 59.3 Å². The molecule has 3 aliphatic rings. The maximum atomic E-state index is 13.4. The molecule has 2 aromatic carbocycles. The van der Waals surface area contributed by atoms with E-state index in [0.717, 1.165) is 77.0 Å². The van der Waals surface area contributed by atoms with Crippen molar-refractivity contribution in [3.63, 3.8) is 0 Å². The number of alkyl halides is 5. The van der Waals surface area contributed by atoms with E-state index in [1.54, 1.807) is 52.2 Å². The van der Waals surface area contributed by atoms with Crippen molar-refractivity contribution in [3.05, 3.63) is 59.2 Å². The molecule has 0 radical (unpaired) electrons. The van der Waals surface area contributed by atoms with Crippen LogP contribution >= 0.6 is 0 Å². The minimum Gasteiger partial charge on any atom is -0.445 e. The molecular weight excluding hydrogens is 1040 g/mol. The molecule has 2 saturated carbocycles. The zero-order valence-corrected chi connectivity index (χ0v) is 46.8. The van der Waals surface area contributed by atoms with Gasteiger partial charge < -0.3 is 51.8 Å². The lowest BCUT2D eigenvalue weighted by molar-refractivity contribution is -0.284. The monoisotopic (exact) mass is 1130 g/mol. The number of anilines is 1. The molecule has 0 heterocycles. The molecule has 6 amide bonds. The number of hydrogen-bond acceptors (Lipinski definition) is 10. The third-order valence-corrected chi connectivity index (χ3v) is 17.8. The number of fused-ring (bicyclic) bond motifs is 5. The van der Waals surface area contributed by atoms with Crippen LogP contribution in [0.1, 0.15) is 146 Å². The molecule has 9 atom stereocenters. The summed E-state index contributed by atoms with van der Waals surface area (Å²) in [6, 6.07) is 10.2. The molecule has 2 aromatic rings. The number of aliphatic hydroxyl groups excluding tert-OH is 1. The number of hydrogen-bond donors (Lipinski definition) is 6. The van der Waals surface area contributed by atoms with E-state index in [2.05, 4.69) is 28.9 Å². The molecule has 0 spiro atoms. The largest absolute Gasteiger partial charge is 0.453 e. The lowest BCUT2D eigenvalue weighted by atomic mass is 9.52. The standard InChI is InChI=1S/C56H84F5N7O9S/c1-36(2)48(62)50(71)66-45(16-13-28-64-51(63)72)49(70)65-40-19-17-37(18-20-40)35-76-52(73)67(4)29-30-68(5)53(74)77-41-21-22-42-39(34-41)33-38(47-43(42)25-27-54(3)44(47)23-24-46(54)69)15-11-9-7-6-8-10-12-31-78(75)32-14-26-55(57,58)56(59,60)61/h17-22,34,36,38,43-48,69H,6-16,23-33,35,62H2,1-5H3,(H,65,70)(H,66,71)(H3,63,64,72)/t38-,43?,44+,45+,46+,47-,48+,54+,78?/m1/s1. The van der Waals surface area contributed by atoms with Crippen molar-refractivity contribution in [2.75, 3.05) is 50.6 Å². The number of primary amides is 1. The quantitative estimate of drug-likeness (QED) is 0.0333. The number of unbranched alkanes of at least 4 members (excludes halogenated alkanes) is 6. The van der Waals surface area contributed by atoms with Gasteiger partial charge in [0.05, 0.1) is 12.1 Å². The van der Waals surface area contributed by atoms with Gasteiger partial charge in [-0.1, -0.05) is 77.5 Å². The second kappa shape index (κ2) is 29.4. The highest BCUT2D eigenvalue weighted by Crippen LogP contribution is 2.63. The highest BCUT2D eigenvalue weighted by Gasteiger charge is 2.57. The summed E-state index contributed by atoms with van der Waals surface area (Å²) in [5.41, 5.74) is 14.6. The fraction of sp³-hybridized carbons (Fsp3) is 0.696. The van der Waals surface area contributed by atoms with Gasteiger partial charge in [0, 0.05) is 68.1 Å². The van der Waals surface area contributed by atoms with Crippen molar-refractivity contribution in [3.8, 4) is 5.75 Å². The van der Waals surface area contributed by atoms with Crippen molar-refractivity contribution >= 4 is 46.5 Å². The van der Waals surface area contributed by atoms with Crippen molar-refractivity contribution in [2.45, 2.75) is 173 Å². The lowest BCUT2D eigenvalue weighted by Gasteiger charge is -2.53. The molecule has 22 heteroatoms. The van der Waals surface area contributed by atoms with E-state index in [-0.39, 0.29) is 55.9 Å². The molecule has 3 aliphatic carbocycles. The van der Waals surface area contributed by atoms with Crippen LogP contribution in [0.4, 0.5) is 42.0 Å². The maximum Gasteiger partial charge on any atom is 0.453 e. The molecule has 78 heavy (non-hydrogen) atoms. The Kier molecular flexibility index (Phi) is 24.0. The highest BCUT2D eigenvalue weighted by molar-refractivity contribution is 7.84. The van der Waals surface area contributed by atoms with E-state index in [1.807, 2.05) is 12.1 Å². The summed E-state index contributed by atoms with van der Waals surface area (Å²) in [5.74, 6) is -3.70. The Balaban J connectivity index is 1.06. The smallest absolute Gasteiger partial charge is 0.445 e. The van der Waals surface area contributed by atoms with Crippen molar-refractivity contribution in [2.24, 2.45) is 40.6 Å². The van der Waals surface area contributed by atoms with Crippen LogP contribution in [0, 0.1) is 29.1 Å². The van der Waals surface area contributed by atoms with E-state index in [9.17, 15) is 55.2 Å². The third-order valence-electron chi connectivity index (χ3n) is 16.4. The van der Waals surface area contributed by atoms with E-state index >= 15 is 0 Å². The van der Waals surface area contributed by atoms with Crippen LogP contribution in [0.2, 0.25) is 0 Å². The molecule has 438 valence electrons. The van der Waals surface area contributed by atoms with Gasteiger partial charge in [-0.05, 0) is 140 Å². The van der Waals surface area contributed by atoms with Gasteiger partial charge in [-0.2, -0.15) is 22.0 Å². The number of nitrogens with two attached hydrogens (primary N) is 2. The lowest BCUT2D eigenvalue weighted by Crippen LogP contribution is -2.51. The van der Waals surface area contributed by atoms with Gasteiger partial charge in [0.1, 0.15) is 18.4 Å². The van der Waals surface area contributed by atoms with Crippen LogP contribution in [0.3, 0.4) is 0 Å². The fourth-order valence-electron chi connectivity index (χ4n) is 11.5. The Morgan fingerprint density at radius 2 is 1.49 bits per heavy atom. The van der Waals surface area contributed by atoms with Gasteiger partial charge in [0.25, 0.3) is 0 Å². The van der Waals surface area contributed by atoms with E-state index < -0.39 is 77.9 Å². The Morgan fingerprint density at radius 3 is 2.14 bits per heavy atom. The normalized spacial score (nSPS) is 22.0. The number of aliphatic hydroxyl groups is 1. The van der Waals surface area contributed by atoms with Crippen molar-refractivity contribution in [1.29, 1.82) is 0 Å². The second-order valence-corrected chi connectivity index (χ2v) is 24.1. The van der Waals surface area contributed by atoms with Crippen molar-refractivity contribution in [1.82, 2.24) is 20.4 Å². The van der Waals surface area contributed by atoms with Gasteiger partial charge >= 0.3 is 30.3 Å². The first-order chi connectivity index (χ1) is 36.8. The summed E-state index contributed by atoms with van der Waals surface area (Å²) in [4.78, 5) is 66.1. The zero-order chi connectivity index (χ0) is 57.4. The third kappa shape index (κ3) is 18.2. The predicted octanol–water partition coefficient (Wildman–Crippen LogP) is 9.53. The van der Waals surface area contributed by atoms with Crippen LogP contribution in [-0.2, 0) is 38.2 Å². The topological polar surface area (TPSA) is 236 Å². The first-order valence-corrected chi connectivity index (χ1v) is 29.2. The molecule has 2 fully saturated rings. The van der Waals surface area contributed by atoms with E-state index in [4.69, 9.17) is 20.9 Å². The number of carbonyl (C=O) groups is 5. The highest BCUT2D eigenvalue weighted by atomic mass is 32.2. The first-order valence-electron chi connectivity index (χ1n) is 27.7. The SMILES string of the molecule is CC(C)[C@H](N)C(=O)N[C@@H](CCCNC(N)=O)C(=O)Nc1ccc(COC(=O)N(C)CCN(C)C(=O)Oc2ccc3c(c2)C[C@@H](CCCCCCCCCS(=O)CCCC(F)(F)C(F)(F)F)[C@@H]2C3CC[C@]3(C)[C@@H](O)CC[C@@H]23)cc1. The van der Waals surface area contributed by atoms with Crippen molar-refractivity contribution < 1.29 is 64.7 Å². The van der Waals surface area contributed by atoms with E-state index in [1.165, 1.54) is 20.9 Å². The number of rotatable bonds is 29. The number of amides is 6. The summed E-state index contributed by atoms with van der Waals surface area (Å²) in [5, 5.41) is 19.1. The Hall–Kier alpha value is -5.09. The van der Waals surface area contributed by atoms with Gasteiger partial charge in [-0.3, -0.25) is 13.8 Å². The van der Waals surface area contributed by atoms with Crippen LogP contribution in [0.25, 0.3) is 0 Å². The molecule has 0 aliphatic heterocycles. The number of carbonyl (C=O) groups excluding carboxylic acids is 5. The number of nitrogens with one attached hydrogen (secondary N) is 3. The fourth-order valence-corrected chi connectivity index (χ4v) is 12.7. The van der Waals surface area contributed by atoms with Crippen LogP contribution in [-0.4, -0.2) is 125 Å². The number of urea groups is 1. The molecule has 0 saturated heterocycles. The first kappa shape index (κ1) is 63.7. The van der Waals surface area contributed by atoms with Gasteiger partial charge in [0.2, 0.25) is 11.8 Å². The molecule has 0 aromatic heterocycles. The van der Waals surface area contributed by atoms with Gasteiger partial charge in [0.15, 0.2) is 0 Å². The summed E-state index contributed by atoms with van der Waals surface area (Å²) in [7, 11) is 1.74. The second-order valence-electron chi connectivity index (χ2n) is 22.4. The number of likely N-dealkylation sites (N-methyl/N-ethyl adjacent to an activating group) is 2. The molecule has 0 bridgehead atoms. The zero-order valence-electron chi connectivity index (χ0n) is 46.0. The minimum absolute atomic E-state index is 0.0621. The van der Waals surface area contributed by atoms with Crippen LogP contribution in [0.15, 0.2) is 42.5 Å². The minimum atomic E-state index is -5.59. The summed E-state index contributed by atoms with van der Waals surface area (Å²) in [6.45, 7) is 6.33. The molecule has 8 N–H and O–H groups in total. The average molecular weight is 1130 g/mol. The number of benzene rings is 2. The summed E-state index contributed by atoms with van der Waals surface area (Å²) < 4.78 is 87.2.